The van der Waals surface area contributed by atoms with Gasteiger partial charge < -0.3 is 20.0 Å². The molecule has 0 spiro atoms. The quantitative estimate of drug-likeness (QED) is 0.296. The van der Waals surface area contributed by atoms with Gasteiger partial charge in [0.2, 0.25) is 5.91 Å². The maximum atomic E-state index is 12.6. The van der Waals surface area contributed by atoms with Crippen molar-refractivity contribution in [1.29, 1.82) is 0 Å². The highest BCUT2D eigenvalue weighted by atomic mass is 127. The van der Waals surface area contributed by atoms with E-state index >= 15 is 0 Å². The normalized spacial score (nSPS) is 21.3. The van der Waals surface area contributed by atoms with Gasteiger partial charge in [-0.25, -0.2) is 0 Å². The third kappa shape index (κ3) is 7.97. The van der Waals surface area contributed by atoms with Crippen LogP contribution in [-0.2, 0) is 4.79 Å². The molecule has 31 heavy (non-hydrogen) atoms. The number of likely N-dealkylation sites (tertiary alicyclic amines) is 2. The molecule has 0 saturated carbocycles. The van der Waals surface area contributed by atoms with E-state index in [2.05, 4.69) is 29.4 Å². The Morgan fingerprint density at radius 3 is 2.65 bits per heavy atom. The summed E-state index contributed by atoms with van der Waals surface area (Å²) in [5.41, 5.74) is 0. The van der Waals surface area contributed by atoms with Crippen LogP contribution in [0.1, 0.15) is 70.6 Å². The monoisotopic (exact) mass is 545 g/mol. The van der Waals surface area contributed by atoms with E-state index in [0.717, 1.165) is 50.7 Å². The van der Waals surface area contributed by atoms with Crippen LogP contribution < -0.4 is 10.6 Å². The van der Waals surface area contributed by atoms with E-state index in [1.165, 1.54) is 25.7 Å². The Kier molecular flexibility index (Phi) is 11.7. The van der Waals surface area contributed by atoms with Gasteiger partial charge in [-0.2, -0.15) is 0 Å². The SMILES string of the molecule is CCNC(=NCC(c1ccco1)N1CCCCC1)NCCC(=O)N1CCCCC1C.I. The summed E-state index contributed by atoms with van der Waals surface area (Å²) in [6.45, 7) is 9.33. The zero-order valence-corrected chi connectivity index (χ0v) is 21.5. The highest BCUT2D eigenvalue weighted by molar-refractivity contribution is 14.0. The number of nitrogens with one attached hydrogen (secondary N) is 2. The molecule has 1 aromatic rings. The molecule has 7 nitrogen and oxygen atoms in total. The molecule has 0 aromatic carbocycles. The lowest BCUT2D eigenvalue weighted by Crippen LogP contribution is -2.44. The van der Waals surface area contributed by atoms with Crippen LogP contribution in [0.5, 0.6) is 0 Å². The molecule has 3 rings (SSSR count). The van der Waals surface area contributed by atoms with Gasteiger partial charge in [0, 0.05) is 32.1 Å². The predicted molar refractivity (Wildman–Crippen MR) is 136 cm³/mol. The number of carbonyl (C=O) groups excluding carboxylic acids is 1. The summed E-state index contributed by atoms with van der Waals surface area (Å²) in [5.74, 6) is 1.99. The van der Waals surface area contributed by atoms with Gasteiger partial charge in [-0.3, -0.25) is 14.7 Å². The fourth-order valence-electron chi connectivity index (χ4n) is 4.52. The second kappa shape index (κ2) is 14.0. The summed E-state index contributed by atoms with van der Waals surface area (Å²) >= 11 is 0. The molecule has 1 amide bonds. The molecular weight excluding hydrogens is 505 g/mol. The fraction of sp³-hybridized carbons (Fsp3) is 0.739. The van der Waals surface area contributed by atoms with Crippen LogP contribution in [0.4, 0.5) is 0 Å². The number of furan rings is 1. The number of nitrogens with zero attached hydrogens (tertiary/aromatic N) is 3. The van der Waals surface area contributed by atoms with E-state index in [1.54, 1.807) is 6.26 Å². The average Bonchev–Trinajstić information content (AvgIpc) is 3.29. The Labute approximate surface area is 204 Å². The van der Waals surface area contributed by atoms with Crippen LogP contribution in [-0.4, -0.2) is 67.0 Å². The van der Waals surface area contributed by atoms with Crippen molar-refractivity contribution in [3.63, 3.8) is 0 Å². The molecule has 2 N–H and O–H groups in total. The topological polar surface area (TPSA) is 73.1 Å². The van der Waals surface area contributed by atoms with Crippen molar-refractivity contribution < 1.29 is 9.21 Å². The van der Waals surface area contributed by atoms with Gasteiger partial charge in [-0.05, 0) is 71.2 Å². The van der Waals surface area contributed by atoms with Crippen molar-refractivity contribution in [2.24, 2.45) is 4.99 Å². The first-order valence-corrected chi connectivity index (χ1v) is 11.8. The highest BCUT2D eigenvalue weighted by Crippen LogP contribution is 2.25. The zero-order valence-electron chi connectivity index (χ0n) is 19.1. The number of halogens is 1. The maximum Gasteiger partial charge on any atom is 0.224 e. The van der Waals surface area contributed by atoms with Crippen molar-refractivity contribution in [3.8, 4) is 0 Å². The molecule has 2 unspecified atom stereocenters. The molecule has 2 saturated heterocycles. The molecule has 176 valence electrons. The third-order valence-electron chi connectivity index (χ3n) is 6.22. The lowest BCUT2D eigenvalue weighted by Gasteiger charge is -2.33. The molecule has 3 heterocycles. The second-order valence-electron chi connectivity index (χ2n) is 8.46. The summed E-state index contributed by atoms with van der Waals surface area (Å²) < 4.78 is 5.73. The number of aliphatic imine (C=N–C) groups is 1. The molecule has 2 fully saturated rings. The molecule has 0 aliphatic carbocycles. The Balaban J connectivity index is 0.00000341. The largest absolute Gasteiger partial charge is 0.468 e. The summed E-state index contributed by atoms with van der Waals surface area (Å²) in [4.78, 5) is 21.9. The minimum atomic E-state index is 0. The Morgan fingerprint density at radius 1 is 1.19 bits per heavy atom. The van der Waals surface area contributed by atoms with Gasteiger partial charge >= 0.3 is 0 Å². The van der Waals surface area contributed by atoms with E-state index in [9.17, 15) is 4.79 Å². The summed E-state index contributed by atoms with van der Waals surface area (Å²) in [6.07, 6.45) is 9.49. The molecule has 1 aromatic heterocycles. The minimum Gasteiger partial charge on any atom is -0.468 e. The van der Waals surface area contributed by atoms with E-state index < -0.39 is 0 Å². The first-order chi connectivity index (χ1) is 14.7. The van der Waals surface area contributed by atoms with Crippen molar-refractivity contribution in [2.75, 3.05) is 39.3 Å². The van der Waals surface area contributed by atoms with E-state index in [0.29, 0.717) is 25.6 Å². The van der Waals surface area contributed by atoms with Crippen molar-refractivity contribution >= 4 is 35.8 Å². The first kappa shape index (κ1) is 26.0. The smallest absolute Gasteiger partial charge is 0.224 e. The predicted octanol–water partition coefficient (Wildman–Crippen LogP) is 3.77. The molecule has 0 bridgehead atoms. The molecular formula is C23H40IN5O2. The standard InChI is InChI=1S/C23H39N5O2.HI/c1-3-24-23(25-13-12-22(29)28-16-8-5-10-19(28)2)26-18-20(21-11-9-17-30-21)27-14-6-4-7-15-27;/h9,11,17,19-20H,3-8,10,12-16,18H2,1-2H3,(H2,24,25,26);1H. The van der Waals surface area contributed by atoms with Gasteiger partial charge in [0.1, 0.15) is 5.76 Å². The van der Waals surface area contributed by atoms with Gasteiger partial charge in [0.05, 0.1) is 18.8 Å². The average molecular weight is 546 g/mol. The van der Waals surface area contributed by atoms with Crippen LogP contribution in [0.25, 0.3) is 0 Å². The van der Waals surface area contributed by atoms with E-state index in [1.807, 2.05) is 17.0 Å². The molecule has 8 heteroatoms. The second-order valence-corrected chi connectivity index (χ2v) is 8.46. The van der Waals surface area contributed by atoms with Crippen molar-refractivity contribution in [3.05, 3.63) is 24.2 Å². The van der Waals surface area contributed by atoms with Crippen molar-refractivity contribution in [2.45, 2.75) is 70.9 Å². The Morgan fingerprint density at radius 2 is 1.97 bits per heavy atom. The van der Waals surface area contributed by atoms with Crippen LogP contribution in [0.3, 0.4) is 0 Å². The summed E-state index contributed by atoms with van der Waals surface area (Å²) in [6, 6.07) is 4.53. The van der Waals surface area contributed by atoms with E-state index in [-0.39, 0.29) is 35.9 Å². The van der Waals surface area contributed by atoms with Gasteiger partial charge in [-0.1, -0.05) is 6.42 Å². The minimum absolute atomic E-state index is 0. The number of piperidine rings is 2. The maximum absolute atomic E-state index is 12.6. The Hall–Kier alpha value is -1.29. The van der Waals surface area contributed by atoms with Gasteiger partial charge in [0.15, 0.2) is 5.96 Å². The number of guanidine groups is 1. The third-order valence-corrected chi connectivity index (χ3v) is 6.22. The Bertz CT molecular complexity index is 661. The molecule has 2 atom stereocenters. The number of hydrogen-bond donors (Lipinski definition) is 2. The van der Waals surface area contributed by atoms with Crippen molar-refractivity contribution in [1.82, 2.24) is 20.4 Å². The van der Waals surface area contributed by atoms with Crippen LogP contribution in [0.15, 0.2) is 27.8 Å². The number of carbonyl (C=O) groups is 1. The van der Waals surface area contributed by atoms with Gasteiger partial charge in [0.25, 0.3) is 0 Å². The lowest BCUT2D eigenvalue weighted by molar-refractivity contribution is -0.134. The number of rotatable bonds is 8. The molecule has 2 aliphatic heterocycles. The zero-order chi connectivity index (χ0) is 21.2. The summed E-state index contributed by atoms with van der Waals surface area (Å²) in [7, 11) is 0. The van der Waals surface area contributed by atoms with E-state index in [4.69, 9.17) is 9.41 Å². The molecule has 0 radical (unpaired) electrons. The van der Waals surface area contributed by atoms with Gasteiger partial charge in [-0.15, -0.1) is 24.0 Å². The first-order valence-electron chi connectivity index (χ1n) is 11.8. The lowest BCUT2D eigenvalue weighted by atomic mass is 10.0. The summed E-state index contributed by atoms with van der Waals surface area (Å²) in [5, 5.41) is 6.66. The van der Waals surface area contributed by atoms with Crippen LogP contribution >= 0.6 is 24.0 Å². The number of hydrogen-bond acceptors (Lipinski definition) is 4. The number of amides is 1. The molecule has 2 aliphatic rings. The van der Waals surface area contributed by atoms with Crippen LogP contribution in [0, 0.1) is 0 Å². The highest BCUT2D eigenvalue weighted by Gasteiger charge is 2.25. The van der Waals surface area contributed by atoms with Crippen LogP contribution in [0.2, 0.25) is 0 Å². The fourth-order valence-corrected chi connectivity index (χ4v) is 4.52.